The molecule has 0 spiro atoms. The number of carbonyl (C=O) groups is 1. The van der Waals surface area contributed by atoms with Crippen molar-refractivity contribution in [2.75, 3.05) is 0 Å². The Morgan fingerprint density at radius 3 is 2.81 bits per heavy atom. The fraction of sp³-hybridized carbons (Fsp3) is 0.0625. The number of aromatic nitrogens is 4. The smallest absolute Gasteiger partial charge is 0.263 e. The molecule has 0 bridgehead atoms. The van der Waals surface area contributed by atoms with E-state index in [-0.39, 0.29) is 12.3 Å². The van der Waals surface area contributed by atoms with Crippen molar-refractivity contribution in [2.24, 2.45) is 5.10 Å². The molecule has 3 aromatic rings. The Kier molecular flexibility index (Phi) is 6.13. The van der Waals surface area contributed by atoms with Gasteiger partial charge in [0, 0.05) is 14.7 Å². The average Bonchev–Trinajstić information content (AvgIpc) is 3.08. The van der Waals surface area contributed by atoms with Crippen LogP contribution in [0.3, 0.4) is 0 Å². The van der Waals surface area contributed by atoms with Gasteiger partial charge in [0.25, 0.3) is 5.91 Å². The van der Waals surface area contributed by atoms with E-state index in [0.29, 0.717) is 15.0 Å². The molecule has 1 aromatic heterocycles. The van der Waals surface area contributed by atoms with Gasteiger partial charge >= 0.3 is 0 Å². The van der Waals surface area contributed by atoms with E-state index in [9.17, 15) is 9.90 Å². The summed E-state index contributed by atoms with van der Waals surface area (Å²) in [6.45, 7) is -0.118. The summed E-state index contributed by atoms with van der Waals surface area (Å²) < 4.78 is 1.67. The van der Waals surface area contributed by atoms with Crippen LogP contribution in [-0.4, -0.2) is 37.4 Å². The molecule has 26 heavy (non-hydrogen) atoms. The second-order valence-corrected chi connectivity index (χ2v) is 7.54. The molecule has 0 radical (unpaired) electrons. The number of rotatable bonds is 5. The summed E-state index contributed by atoms with van der Waals surface area (Å²) in [7, 11) is 0. The van der Waals surface area contributed by atoms with E-state index < -0.39 is 5.91 Å². The quantitative estimate of drug-likeness (QED) is 0.277. The number of nitrogens with one attached hydrogen (secondary N) is 1. The fourth-order valence-corrected chi connectivity index (χ4v) is 3.92. The number of halogens is 2. The number of nitrogens with zero attached hydrogens (tertiary/aromatic N) is 5. The van der Waals surface area contributed by atoms with E-state index >= 15 is 0 Å². The molecular formula is C16H12I2N6O2. The van der Waals surface area contributed by atoms with Crippen molar-refractivity contribution < 1.29 is 9.90 Å². The van der Waals surface area contributed by atoms with Crippen LogP contribution >= 0.6 is 45.2 Å². The largest absolute Gasteiger partial charge is 0.506 e. The molecule has 0 unspecified atom stereocenters. The van der Waals surface area contributed by atoms with E-state index in [4.69, 9.17) is 0 Å². The highest BCUT2D eigenvalue weighted by Crippen LogP contribution is 2.25. The molecule has 3 rings (SSSR count). The first-order chi connectivity index (χ1) is 12.5. The predicted octanol–water partition coefficient (Wildman–Crippen LogP) is 2.41. The highest BCUT2D eigenvalue weighted by atomic mass is 127. The third-order valence-corrected chi connectivity index (χ3v) is 4.67. The SMILES string of the molecule is O=C(Cn1nnc(-c2ccccc2)n1)N/N=C\c1cc(I)cc(I)c1O. The number of benzene rings is 2. The molecule has 0 saturated heterocycles. The zero-order chi connectivity index (χ0) is 18.5. The zero-order valence-corrected chi connectivity index (χ0v) is 17.5. The van der Waals surface area contributed by atoms with Crippen LogP contribution in [0.5, 0.6) is 5.75 Å². The molecule has 0 aliphatic rings. The molecule has 0 aliphatic carbocycles. The average molecular weight is 574 g/mol. The van der Waals surface area contributed by atoms with E-state index in [1.54, 1.807) is 6.07 Å². The molecule has 1 amide bonds. The summed E-state index contributed by atoms with van der Waals surface area (Å²) in [5.41, 5.74) is 3.72. The van der Waals surface area contributed by atoms with Crippen LogP contribution < -0.4 is 5.43 Å². The number of hydrogen-bond acceptors (Lipinski definition) is 6. The molecule has 0 aliphatic heterocycles. The molecule has 1 heterocycles. The third kappa shape index (κ3) is 4.75. The van der Waals surface area contributed by atoms with Crippen molar-refractivity contribution in [3.8, 4) is 17.1 Å². The van der Waals surface area contributed by atoms with Gasteiger partial charge < -0.3 is 5.11 Å². The van der Waals surface area contributed by atoms with Gasteiger partial charge in [-0.25, -0.2) is 5.43 Å². The Labute approximate surface area is 176 Å². The second kappa shape index (κ2) is 8.53. The van der Waals surface area contributed by atoms with E-state index in [1.165, 1.54) is 11.0 Å². The van der Waals surface area contributed by atoms with Crippen LogP contribution in [0, 0.1) is 7.14 Å². The van der Waals surface area contributed by atoms with Crippen LogP contribution in [0.15, 0.2) is 47.6 Å². The predicted molar refractivity (Wildman–Crippen MR) is 113 cm³/mol. The molecule has 0 atom stereocenters. The minimum atomic E-state index is -0.405. The zero-order valence-electron chi connectivity index (χ0n) is 13.2. The minimum absolute atomic E-state index is 0.118. The first-order valence-electron chi connectivity index (χ1n) is 7.36. The van der Waals surface area contributed by atoms with Crippen LogP contribution in [0.25, 0.3) is 11.4 Å². The van der Waals surface area contributed by atoms with Crippen LogP contribution in [-0.2, 0) is 11.3 Å². The van der Waals surface area contributed by atoms with Crippen molar-refractivity contribution >= 4 is 57.3 Å². The van der Waals surface area contributed by atoms with Crippen LogP contribution in [0.4, 0.5) is 0 Å². The Balaban J connectivity index is 1.61. The fourth-order valence-electron chi connectivity index (χ4n) is 2.03. The summed E-state index contributed by atoms with van der Waals surface area (Å²) in [4.78, 5) is 13.1. The van der Waals surface area contributed by atoms with Gasteiger partial charge in [-0.15, -0.1) is 10.2 Å². The number of tetrazole rings is 1. The van der Waals surface area contributed by atoms with E-state index in [2.05, 4.69) is 48.5 Å². The summed E-state index contributed by atoms with van der Waals surface area (Å²) in [6, 6.07) is 13.0. The minimum Gasteiger partial charge on any atom is -0.506 e. The highest BCUT2D eigenvalue weighted by Gasteiger charge is 2.09. The van der Waals surface area contributed by atoms with Crippen molar-refractivity contribution in [1.29, 1.82) is 0 Å². The lowest BCUT2D eigenvalue weighted by Gasteiger charge is -2.03. The van der Waals surface area contributed by atoms with Gasteiger partial charge in [-0.3, -0.25) is 4.79 Å². The molecule has 8 nitrogen and oxygen atoms in total. The third-order valence-electron chi connectivity index (χ3n) is 3.22. The first kappa shape index (κ1) is 18.7. The van der Waals surface area contributed by atoms with Gasteiger partial charge in [-0.1, -0.05) is 30.3 Å². The molecule has 2 aromatic carbocycles. The number of hydrazone groups is 1. The second-order valence-electron chi connectivity index (χ2n) is 5.13. The van der Waals surface area contributed by atoms with Gasteiger partial charge in [0.15, 0.2) is 0 Å². The lowest BCUT2D eigenvalue weighted by Crippen LogP contribution is -2.24. The Bertz CT molecular complexity index is 959. The Morgan fingerprint density at radius 2 is 2.04 bits per heavy atom. The van der Waals surface area contributed by atoms with E-state index in [0.717, 1.165) is 9.13 Å². The molecule has 2 N–H and O–H groups in total. The van der Waals surface area contributed by atoms with Crippen LogP contribution in [0.1, 0.15) is 5.56 Å². The standard InChI is InChI=1S/C16H12I2N6O2/c17-12-6-11(15(26)13(18)7-12)8-19-20-14(25)9-24-22-16(21-23-24)10-4-2-1-3-5-10/h1-8,26H,9H2,(H,20,25)/b19-8-. The first-order valence-corrected chi connectivity index (χ1v) is 9.52. The number of phenolic OH excluding ortho intramolecular Hbond substituents is 1. The summed E-state index contributed by atoms with van der Waals surface area (Å²) >= 11 is 4.18. The van der Waals surface area contributed by atoms with Crippen molar-refractivity contribution in [3.63, 3.8) is 0 Å². The maximum Gasteiger partial charge on any atom is 0.263 e. The molecular weight excluding hydrogens is 562 g/mol. The molecule has 0 saturated carbocycles. The maximum absolute atomic E-state index is 11.9. The lowest BCUT2D eigenvalue weighted by molar-refractivity contribution is -0.122. The monoisotopic (exact) mass is 574 g/mol. The highest BCUT2D eigenvalue weighted by molar-refractivity contribution is 14.1. The lowest BCUT2D eigenvalue weighted by atomic mass is 10.2. The molecule has 0 fully saturated rings. The molecule has 132 valence electrons. The number of phenols is 1. The number of carbonyl (C=O) groups excluding carboxylic acids is 1. The van der Waals surface area contributed by atoms with Gasteiger partial charge in [-0.2, -0.15) is 9.90 Å². The van der Waals surface area contributed by atoms with Gasteiger partial charge in [0.2, 0.25) is 5.82 Å². The van der Waals surface area contributed by atoms with Gasteiger partial charge in [-0.05, 0) is 62.5 Å². The van der Waals surface area contributed by atoms with Crippen molar-refractivity contribution in [1.82, 2.24) is 25.6 Å². The van der Waals surface area contributed by atoms with Crippen LogP contribution in [0.2, 0.25) is 0 Å². The number of hydrogen-bond donors (Lipinski definition) is 2. The van der Waals surface area contributed by atoms with Crippen molar-refractivity contribution in [2.45, 2.75) is 6.54 Å². The number of amides is 1. The van der Waals surface area contributed by atoms with Gasteiger partial charge in [0.1, 0.15) is 12.3 Å². The van der Waals surface area contributed by atoms with Gasteiger partial charge in [0.05, 0.1) is 9.78 Å². The number of aromatic hydroxyl groups is 1. The Hall–Kier alpha value is -2.09. The summed E-state index contributed by atoms with van der Waals surface area (Å²) in [6.07, 6.45) is 1.39. The van der Waals surface area contributed by atoms with E-state index in [1.807, 2.05) is 59.0 Å². The Morgan fingerprint density at radius 1 is 1.27 bits per heavy atom. The maximum atomic E-state index is 11.9. The summed E-state index contributed by atoms with van der Waals surface area (Å²) in [5, 5.41) is 25.8. The van der Waals surface area contributed by atoms with Crippen molar-refractivity contribution in [3.05, 3.63) is 55.2 Å². The summed E-state index contributed by atoms with van der Waals surface area (Å²) in [5.74, 6) is 0.160. The normalized spacial score (nSPS) is 11.0. The molecule has 10 heteroatoms. The topological polar surface area (TPSA) is 105 Å².